The molecule has 10 atom stereocenters. The van der Waals surface area contributed by atoms with Crippen LogP contribution < -0.4 is 0 Å². The van der Waals surface area contributed by atoms with Crippen LogP contribution in [-0.2, 0) is 29.3 Å². The number of rotatable bonds is 2. The van der Waals surface area contributed by atoms with E-state index in [1.54, 1.807) is 20.8 Å². The van der Waals surface area contributed by atoms with E-state index in [0.717, 1.165) is 0 Å². The van der Waals surface area contributed by atoms with Crippen molar-refractivity contribution in [2.75, 3.05) is 0 Å². The third-order valence-electron chi connectivity index (χ3n) is 9.40. The highest BCUT2D eigenvalue weighted by Gasteiger charge is 2.62. The van der Waals surface area contributed by atoms with Gasteiger partial charge in [-0.25, -0.2) is 0 Å². The Balaban J connectivity index is 1.35. The predicted molar refractivity (Wildman–Crippen MR) is 135 cm³/mol. The smallest absolute Gasteiger partial charge is 0.197 e. The topological polar surface area (TPSA) is 161 Å². The van der Waals surface area contributed by atoms with E-state index in [1.807, 2.05) is 0 Å². The summed E-state index contributed by atoms with van der Waals surface area (Å²) >= 11 is 0. The monoisotopic (exact) mass is 556 g/mol. The van der Waals surface area contributed by atoms with Gasteiger partial charge in [0.25, 0.3) is 0 Å². The molecule has 8 rings (SSSR count). The molecule has 1 aromatic rings. The Morgan fingerprint density at radius 3 is 2.40 bits per heavy atom. The summed E-state index contributed by atoms with van der Waals surface area (Å²) in [7, 11) is 0. The van der Waals surface area contributed by atoms with Crippen LogP contribution in [0.2, 0.25) is 0 Å². The summed E-state index contributed by atoms with van der Waals surface area (Å²) in [6.45, 7) is 8.82. The number of phenolic OH excluding ortho intramolecular Hbond substituents is 2. The molecule has 7 aliphatic rings. The molecule has 3 fully saturated rings. The number of benzene rings is 1. The maximum absolute atomic E-state index is 14.0. The van der Waals surface area contributed by atoms with Crippen LogP contribution in [0.5, 0.6) is 11.5 Å². The van der Waals surface area contributed by atoms with Gasteiger partial charge < -0.3 is 44.1 Å². The maximum Gasteiger partial charge on any atom is 0.197 e. The fourth-order valence-corrected chi connectivity index (χ4v) is 7.41. The second kappa shape index (κ2) is 8.60. The Labute approximate surface area is 229 Å². The molecule has 2 bridgehead atoms. The second-order valence-corrected chi connectivity index (χ2v) is 11.7. The van der Waals surface area contributed by atoms with E-state index in [2.05, 4.69) is 6.58 Å². The van der Waals surface area contributed by atoms with Crippen molar-refractivity contribution >= 4 is 11.6 Å². The molecule has 0 aromatic heterocycles. The van der Waals surface area contributed by atoms with Crippen molar-refractivity contribution in [1.29, 1.82) is 0 Å². The van der Waals surface area contributed by atoms with Crippen LogP contribution in [0.3, 0.4) is 0 Å². The lowest BCUT2D eigenvalue weighted by Crippen LogP contribution is -2.60. The summed E-state index contributed by atoms with van der Waals surface area (Å²) in [6.07, 6.45) is -5.28. The number of carbonyl (C=O) groups excluding carboxylic acids is 2. The fraction of sp³-hybridized carbons (Fsp3) is 0.586. The molecule has 1 aromatic carbocycles. The molecule has 0 amide bonds. The summed E-state index contributed by atoms with van der Waals surface area (Å²) in [5.74, 6) is -2.00. The van der Waals surface area contributed by atoms with Crippen LogP contribution >= 0.6 is 0 Å². The lowest BCUT2D eigenvalue weighted by molar-refractivity contribution is -0.311. The third kappa shape index (κ3) is 3.27. The molecule has 11 heteroatoms. The van der Waals surface area contributed by atoms with Crippen molar-refractivity contribution in [1.82, 2.24) is 0 Å². The molecular weight excluding hydrogens is 524 g/mol. The molecule has 0 radical (unpaired) electrons. The molecule has 4 N–H and O–H groups in total. The minimum absolute atomic E-state index is 0.0521. The number of ketones is 2. The van der Waals surface area contributed by atoms with E-state index in [1.165, 1.54) is 0 Å². The van der Waals surface area contributed by atoms with Gasteiger partial charge >= 0.3 is 0 Å². The normalized spacial score (nSPS) is 41.8. The minimum atomic E-state index is -1.98. The molecule has 0 spiro atoms. The van der Waals surface area contributed by atoms with Gasteiger partial charge in [0.1, 0.15) is 23.2 Å². The van der Waals surface area contributed by atoms with Crippen molar-refractivity contribution < 1.29 is 53.7 Å². The lowest BCUT2D eigenvalue weighted by atomic mass is 9.66. The van der Waals surface area contributed by atoms with Crippen molar-refractivity contribution in [2.24, 2.45) is 0 Å². The fourth-order valence-electron chi connectivity index (χ4n) is 7.41. The van der Waals surface area contributed by atoms with Crippen LogP contribution in [0, 0.1) is 0 Å². The van der Waals surface area contributed by atoms with Gasteiger partial charge in [0.15, 0.2) is 24.0 Å². The summed E-state index contributed by atoms with van der Waals surface area (Å²) in [5, 5.41) is 45.4. The highest BCUT2D eigenvalue weighted by Crippen LogP contribution is 2.60. The van der Waals surface area contributed by atoms with Crippen LogP contribution in [-0.4, -0.2) is 81.0 Å². The number of hydrogen-bond donors (Lipinski definition) is 4. The SMILES string of the molecule is C=C1C[C@@H]2O[C@@H](C)C3=C(C(=O)c4c(O)c5c(c(O)c4C3=O)C3(O)C(C)OC5CC3O[C@H]3CC[C@H](O)[C@H](C)O3)[C@@H]2O1. The number of hydrogen-bond acceptors (Lipinski definition) is 11. The molecule has 3 saturated heterocycles. The van der Waals surface area contributed by atoms with Crippen molar-refractivity contribution in [3.05, 3.63) is 45.7 Å². The van der Waals surface area contributed by atoms with Gasteiger partial charge in [0, 0.05) is 36.0 Å². The number of Topliss-reactive ketones (excluding diaryl/α,β-unsaturated/α-hetero) is 2. The number of carbonyl (C=O) groups is 2. The van der Waals surface area contributed by atoms with Crippen molar-refractivity contribution in [2.45, 2.75) is 107 Å². The molecule has 4 unspecified atom stereocenters. The van der Waals surface area contributed by atoms with E-state index in [9.17, 15) is 30.0 Å². The van der Waals surface area contributed by atoms with Gasteiger partial charge in [-0.05, 0) is 27.2 Å². The summed E-state index contributed by atoms with van der Waals surface area (Å²) in [5.41, 5.74) is -2.59. The Bertz CT molecular complexity index is 1400. The summed E-state index contributed by atoms with van der Waals surface area (Å²) in [6, 6.07) is 0. The molecule has 11 nitrogen and oxygen atoms in total. The third-order valence-corrected chi connectivity index (χ3v) is 9.40. The van der Waals surface area contributed by atoms with Gasteiger partial charge in [-0.2, -0.15) is 0 Å². The molecule has 2 aliphatic carbocycles. The Hall–Kier alpha value is -2.80. The minimum Gasteiger partial charge on any atom is -0.507 e. The quantitative estimate of drug-likeness (QED) is 0.395. The van der Waals surface area contributed by atoms with E-state index < -0.39 is 83.8 Å². The van der Waals surface area contributed by atoms with Crippen LogP contribution in [0.25, 0.3) is 0 Å². The number of ether oxygens (including phenoxy) is 5. The van der Waals surface area contributed by atoms with Gasteiger partial charge in [-0.1, -0.05) is 6.58 Å². The Morgan fingerprint density at radius 2 is 1.68 bits per heavy atom. The zero-order valence-corrected chi connectivity index (χ0v) is 22.4. The number of aromatic hydroxyl groups is 2. The average molecular weight is 557 g/mol. The lowest BCUT2D eigenvalue weighted by Gasteiger charge is -2.54. The Kier molecular flexibility index (Phi) is 5.62. The predicted octanol–water partition coefficient (Wildman–Crippen LogP) is 2.19. The first-order valence-corrected chi connectivity index (χ1v) is 13.8. The van der Waals surface area contributed by atoms with Crippen LogP contribution in [0.4, 0.5) is 0 Å². The van der Waals surface area contributed by atoms with E-state index in [0.29, 0.717) is 25.0 Å². The number of aliphatic hydroxyl groups is 2. The van der Waals surface area contributed by atoms with Crippen LogP contribution in [0.15, 0.2) is 23.5 Å². The van der Waals surface area contributed by atoms with Crippen LogP contribution in [0.1, 0.15) is 84.4 Å². The maximum atomic E-state index is 14.0. The van der Waals surface area contributed by atoms with Crippen molar-refractivity contribution in [3.8, 4) is 11.5 Å². The number of aliphatic hydroxyl groups excluding tert-OH is 1. The van der Waals surface area contributed by atoms with Gasteiger partial charge in [-0.15, -0.1) is 0 Å². The van der Waals surface area contributed by atoms with E-state index in [-0.39, 0.29) is 39.8 Å². The first-order valence-electron chi connectivity index (χ1n) is 13.8. The zero-order valence-electron chi connectivity index (χ0n) is 22.4. The molecule has 214 valence electrons. The standard InChI is InChI=1S/C29H32O11/c1-9-7-15-28(36-9)22-18(11(3)37-15)24(31)21-20(26(22)33)25(32)19-14-8-16(40-17-6-5-13(30)10(2)38-17)29(35,12(4)39-14)23(19)27(21)34/h10-17,28,30,32,34-35H,1,5-8H2,2-4H3/t10-,11-,12?,13-,14?,15-,16?,17-,28+,29?/m0/s1. The molecular formula is C29H32O11. The van der Waals surface area contributed by atoms with Gasteiger partial charge in [0.2, 0.25) is 0 Å². The first-order chi connectivity index (χ1) is 18.9. The largest absolute Gasteiger partial charge is 0.507 e. The van der Waals surface area contributed by atoms with Gasteiger partial charge in [-0.3, -0.25) is 9.59 Å². The Morgan fingerprint density at radius 1 is 0.975 bits per heavy atom. The molecule has 5 heterocycles. The molecule has 40 heavy (non-hydrogen) atoms. The summed E-state index contributed by atoms with van der Waals surface area (Å²) < 4.78 is 29.8. The van der Waals surface area contributed by atoms with Crippen molar-refractivity contribution in [3.63, 3.8) is 0 Å². The van der Waals surface area contributed by atoms with Gasteiger partial charge in [0.05, 0.1) is 59.1 Å². The number of fused-ring (bicyclic) bond motifs is 5. The highest BCUT2D eigenvalue weighted by atomic mass is 16.7. The zero-order chi connectivity index (χ0) is 28.4. The average Bonchev–Trinajstić information content (AvgIpc) is 3.26. The highest BCUT2D eigenvalue weighted by molar-refractivity contribution is 6.30. The molecule has 5 aliphatic heterocycles. The van der Waals surface area contributed by atoms with E-state index in [4.69, 9.17) is 23.7 Å². The summed E-state index contributed by atoms with van der Waals surface area (Å²) in [4.78, 5) is 27.9. The second-order valence-electron chi connectivity index (χ2n) is 11.7. The number of phenols is 2. The molecule has 0 saturated carbocycles. The first kappa shape index (κ1) is 26.1. The van der Waals surface area contributed by atoms with E-state index >= 15 is 0 Å².